The van der Waals surface area contributed by atoms with E-state index in [1.807, 2.05) is 12.3 Å². The fourth-order valence-corrected chi connectivity index (χ4v) is 1.84. The average Bonchev–Trinajstić information content (AvgIpc) is 2.78. The first-order valence-corrected chi connectivity index (χ1v) is 5.78. The number of hydrogen-bond donors (Lipinski definition) is 1. The van der Waals surface area contributed by atoms with Crippen LogP contribution in [0.15, 0.2) is 29.2 Å². The van der Waals surface area contributed by atoms with Gasteiger partial charge in [0.25, 0.3) is 5.91 Å². The summed E-state index contributed by atoms with van der Waals surface area (Å²) in [6, 6.07) is 3.46. The summed E-state index contributed by atoms with van der Waals surface area (Å²) in [5.41, 5.74) is 4.09. The Hall–Kier alpha value is -1.75. The predicted molar refractivity (Wildman–Crippen MR) is 62.3 cm³/mol. The zero-order chi connectivity index (χ0) is 11.4. The molecular formula is C11H11N3OS. The lowest BCUT2D eigenvalue weighted by molar-refractivity contribution is 0.0950. The minimum absolute atomic E-state index is 0.0986. The number of nitrogens with zero attached hydrogens (tertiary/aromatic N) is 2. The Kier molecular flexibility index (Phi) is 3.26. The van der Waals surface area contributed by atoms with E-state index < -0.39 is 0 Å². The largest absolute Gasteiger partial charge is 0.346 e. The van der Waals surface area contributed by atoms with Gasteiger partial charge in [0.05, 0.1) is 17.7 Å². The van der Waals surface area contributed by atoms with E-state index in [4.69, 9.17) is 0 Å². The zero-order valence-corrected chi connectivity index (χ0v) is 9.62. The first-order chi connectivity index (χ1) is 7.75. The van der Waals surface area contributed by atoms with Gasteiger partial charge in [-0.25, -0.2) is 4.98 Å². The van der Waals surface area contributed by atoms with Gasteiger partial charge in [-0.1, -0.05) is 0 Å². The van der Waals surface area contributed by atoms with Crippen molar-refractivity contribution in [2.75, 3.05) is 0 Å². The normalized spacial score (nSPS) is 10.1. The lowest BCUT2D eigenvalue weighted by Crippen LogP contribution is -2.23. The molecule has 16 heavy (non-hydrogen) atoms. The number of aromatic nitrogens is 2. The zero-order valence-electron chi connectivity index (χ0n) is 8.80. The van der Waals surface area contributed by atoms with Gasteiger partial charge >= 0.3 is 0 Å². The molecule has 0 bridgehead atoms. The Labute approximate surface area is 97.4 Å². The summed E-state index contributed by atoms with van der Waals surface area (Å²) in [4.78, 5) is 19.9. The van der Waals surface area contributed by atoms with E-state index in [-0.39, 0.29) is 5.91 Å². The molecule has 82 valence electrons. The highest BCUT2D eigenvalue weighted by Gasteiger charge is 2.05. The van der Waals surface area contributed by atoms with E-state index in [1.54, 1.807) is 23.8 Å². The van der Waals surface area contributed by atoms with E-state index in [9.17, 15) is 4.79 Å². The molecule has 0 aliphatic rings. The molecule has 0 aromatic carbocycles. The summed E-state index contributed by atoms with van der Waals surface area (Å²) < 4.78 is 0. The molecule has 2 rings (SSSR count). The highest BCUT2D eigenvalue weighted by atomic mass is 32.1. The van der Waals surface area contributed by atoms with Gasteiger partial charge in [0.1, 0.15) is 0 Å². The molecule has 0 saturated heterocycles. The molecule has 0 unspecified atom stereocenters. The van der Waals surface area contributed by atoms with Crippen LogP contribution in [0.4, 0.5) is 0 Å². The van der Waals surface area contributed by atoms with Gasteiger partial charge in [-0.2, -0.15) is 0 Å². The van der Waals surface area contributed by atoms with Gasteiger partial charge < -0.3 is 5.32 Å². The highest BCUT2D eigenvalue weighted by Crippen LogP contribution is 2.03. The molecule has 0 saturated carbocycles. The number of pyridine rings is 1. The number of aryl methyl sites for hydroxylation is 1. The van der Waals surface area contributed by atoms with Gasteiger partial charge in [0.2, 0.25) is 0 Å². The molecule has 0 aliphatic carbocycles. The third kappa shape index (κ3) is 2.64. The molecule has 4 nitrogen and oxygen atoms in total. The van der Waals surface area contributed by atoms with E-state index >= 15 is 0 Å². The van der Waals surface area contributed by atoms with E-state index in [2.05, 4.69) is 15.3 Å². The number of amides is 1. The minimum atomic E-state index is -0.0986. The Balaban J connectivity index is 1.98. The molecule has 0 spiro atoms. The van der Waals surface area contributed by atoms with Crippen molar-refractivity contribution in [3.63, 3.8) is 0 Å². The number of carbonyl (C=O) groups is 1. The van der Waals surface area contributed by atoms with Crippen molar-refractivity contribution < 1.29 is 4.79 Å². The van der Waals surface area contributed by atoms with Crippen LogP contribution in [0.2, 0.25) is 0 Å². The molecule has 0 aliphatic heterocycles. The smallest absolute Gasteiger partial charge is 0.251 e. The van der Waals surface area contributed by atoms with Gasteiger partial charge in [0, 0.05) is 22.8 Å². The second kappa shape index (κ2) is 4.85. The summed E-state index contributed by atoms with van der Waals surface area (Å²) in [7, 11) is 0. The number of rotatable bonds is 3. The molecule has 2 heterocycles. The van der Waals surface area contributed by atoms with Crippen LogP contribution in [-0.4, -0.2) is 15.9 Å². The summed E-state index contributed by atoms with van der Waals surface area (Å²) >= 11 is 1.52. The molecule has 0 fully saturated rings. The van der Waals surface area contributed by atoms with Crippen molar-refractivity contribution in [3.8, 4) is 0 Å². The van der Waals surface area contributed by atoms with E-state index in [0.29, 0.717) is 12.1 Å². The van der Waals surface area contributed by atoms with Crippen molar-refractivity contribution in [2.45, 2.75) is 13.5 Å². The van der Waals surface area contributed by atoms with E-state index in [1.165, 1.54) is 11.3 Å². The standard InChI is InChI=1S/C11H11N3OS/c1-8-4-9(2-3-12-8)11(15)13-5-10-6-16-7-14-10/h2-4,6-7H,5H2,1H3,(H,13,15). The first kappa shape index (κ1) is 10.8. The maximum absolute atomic E-state index is 11.7. The molecule has 2 aromatic rings. The molecule has 0 radical (unpaired) electrons. The number of hydrogen-bond acceptors (Lipinski definition) is 4. The second-order valence-corrected chi connectivity index (χ2v) is 4.07. The van der Waals surface area contributed by atoms with Crippen LogP contribution >= 0.6 is 11.3 Å². The van der Waals surface area contributed by atoms with Crippen molar-refractivity contribution in [1.29, 1.82) is 0 Å². The number of carbonyl (C=O) groups excluding carboxylic acids is 1. The van der Waals surface area contributed by atoms with Crippen LogP contribution in [0.25, 0.3) is 0 Å². The second-order valence-electron chi connectivity index (χ2n) is 3.35. The molecule has 5 heteroatoms. The van der Waals surface area contributed by atoms with Crippen LogP contribution in [0.1, 0.15) is 21.7 Å². The van der Waals surface area contributed by atoms with Crippen molar-refractivity contribution >= 4 is 17.2 Å². The van der Waals surface area contributed by atoms with Crippen molar-refractivity contribution in [3.05, 3.63) is 46.2 Å². The minimum Gasteiger partial charge on any atom is -0.346 e. The Morgan fingerprint density at radius 2 is 2.38 bits per heavy atom. The van der Waals surface area contributed by atoms with Crippen LogP contribution < -0.4 is 5.32 Å². The highest BCUT2D eigenvalue weighted by molar-refractivity contribution is 7.07. The number of thiazole rings is 1. The summed E-state index contributed by atoms with van der Waals surface area (Å²) in [6.07, 6.45) is 1.63. The Morgan fingerprint density at radius 3 is 3.06 bits per heavy atom. The summed E-state index contributed by atoms with van der Waals surface area (Å²) in [5, 5.41) is 4.72. The van der Waals surface area contributed by atoms with Crippen LogP contribution in [-0.2, 0) is 6.54 Å². The average molecular weight is 233 g/mol. The molecule has 1 amide bonds. The Morgan fingerprint density at radius 1 is 1.50 bits per heavy atom. The van der Waals surface area contributed by atoms with Gasteiger partial charge in [-0.3, -0.25) is 9.78 Å². The van der Waals surface area contributed by atoms with Crippen LogP contribution in [0.5, 0.6) is 0 Å². The lowest BCUT2D eigenvalue weighted by atomic mass is 10.2. The van der Waals surface area contributed by atoms with Crippen LogP contribution in [0.3, 0.4) is 0 Å². The van der Waals surface area contributed by atoms with Crippen molar-refractivity contribution in [1.82, 2.24) is 15.3 Å². The van der Waals surface area contributed by atoms with Gasteiger partial charge in [-0.05, 0) is 19.1 Å². The molecule has 1 N–H and O–H groups in total. The topological polar surface area (TPSA) is 54.9 Å². The number of nitrogens with one attached hydrogen (secondary N) is 1. The van der Waals surface area contributed by atoms with Gasteiger partial charge in [0.15, 0.2) is 0 Å². The lowest BCUT2D eigenvalue weighted by Gasteiger charge is -2.03. The molecular weight excluding hydrogens is 222 g/mol. The monoisotopic (exact) mass is 233 g/mol. The summed E-state index contributed by atoms with van der Waals surface area (Å²) in [5.74, 6) is -0.0986. The molecule has 0 atom stereocenters. The SMILES string of the molecule is Cc1cc(C(=O)NCc2cscn2)ccn1. The third-order valence-corrected chi connectivity index (χ3v) is 2.71. The third-order valence-electron chi connectivity index (χ3n) is 2.07. The summed E-state index contributed by atoms with van der Waals surface area (Å²) in [6.45, 7) is 2.32. The maximum Gasteiger partial charge on any atom is 0.251 e. The van der Waals surface area contributed by atoms with Crippen molar-refractivity contribution in [2.24, 2.45) is 0 Å². The maximum atomic E-state index is 11.7. The van der Waals surface area contributed by atoms with Gasteiger partial charge in [-0.15, -0.1) is 11.3 Å². The first-order valence-electron chi connectivity index (χ1n) is 4.83. The quantitative estimate of drug-likeness (QED) is 0.879. The van der Waals surface area contributed by atoms with Crippen LogP contribution in [0, 0.1) is 6.92 Å². The fourth-order valence-electron chi connectivity index (χ4n) is 1.28. The fraction of sp³-hybridized carbons (Fsp3) is 0.182. The Bertz CT molecular complexity index is 482. The van der Waals surface area contributed by atoms with E-state index in [0.717, 1.165) is 11.4 Å². The molecule has 2 aromatic heterocycles. The predicted octanol–water partition coefficient (Wildman–Crippen LogP) is 1.78.